The number of hydrogen-bond donors (Lipinski definition) is 1. The monoisotopic (exact) mass is 366 g/mol. The van der Waals surface area contributed by atoms with Gasteiger partial charge in [-0.2, -0.15) is 13.2 Å². The molecule has 0 aliphatic carbocycles. The summed E-state index contributed by atoms with van der Waals surface area (Å²) in [4.78, 5) is 1.34. The molecule has 120 valence electrons. The molecule has 0 radical (unpaired) electrons. The van der Waals surface area contributed by atoms with Crippen molar-refractivity contribution in [2.24, 2.45) is 5.73 Å². The quantitative estimate of drug-likeness (QED) is 0.802. The van der Waals surface area contributed by atoms with Crippen LogP contribution in [0.4, 0.5) is 18.9 Å². The summed E-state index contributed by atoms with van der Waals surface area (Å²) in [5.74, 6) is 0. The van der Waals surface area contributed by atoms with Crippen molar-refractivity contribution in [3.05, 3.63) is 28.2 Å². The molecule has 1 rings (SSSR count). The third kappa shape index (κ3) is 5.87. The molecule has 0 aliphatic heterocycles. The molecule has 1 aromatic carbocycles. The molecule has 0 heterocycles. The zero-order valence-electron chi connectivity index (χ0n) is 12.5. The first-order valence-corrected chi connectivity index (χ1v) is 7.80. The first-order chi connectivity index (χ1) is 9.64. The molecular formula is C15H22BrF3N2. The molecule has 1 atom stereocenters. The van der Waals surface area contributed by atoms with Gasteiger partial charge in [-0.15, -0.1) is 0 Å². The van der Waals surface area contributed by atoms with Gasteiger partial charge in [0.1, 0.15) is 6.54 Å². The minimum atomic E-state index is -4.23. The Labute approximate surface area is 132 Å². The number of nitrogens with zero attached hydrogens (tertiary/aromatic N) is 1. The van der Waals surface area contributed by atoms with E-state index in [0.717, 1.165) is 18.4 Å². The van der Waals surface area contributed by atoms with Crippen molar-refractivity contribution in [1.29, 1.82) is 0 Å². The Hall–Kier alpha value is -0.750. The summed E-state index contributed by atoms with van der Waals surface area (Å²) in [7, 11) is 0. The second-order valence-corrected chi connectivity index (χ2v) is 6.35. The molecule has 0 saturated heterocycles. The van der Waals surface area contributed by atoms with Gasteiger partial charge in [0, 0.05) is 16.6 Å². The lowest BCUT2D eigenvalue weighted by Crippen LogP contribution is -2.39. The van der Waals surface area contributed by atoms with Crippen LogP contribution in [0, 0.1) is 0 Å². The molecule has 0 fully saturated rings. The van der Waals surface area contributed by atoms with Crippen LogP contribution >= 0.6 is 15.9 Å². The van der Waals surface area contributed by atoms with E-state index in [1.807, 2.05) is 19.1 Å². The second kappa shape index (κ2) is 7.49. The Kier molecular flexibility index (Phi) is 6.53. The normalized spacial score (nSPS) is 13.6. The van der Waals surface area contributed by atoms with Gasteiger partial charge in [-0.1, -0.05) is 13.0 Å². The third-order valence-corrected chi connectivity index (χ3v) is 3.95. The minimum absolute atomic E-state index is 0.0686. The first-order valence-electron chi connectivity index (χ1n) is 7.01. The number of alkyl halides is 3. The van der Waals surface area contributed by atoms with Crippen LogP contribution in [-0.2, 0) is 6.42 Å². The lowest BCUT2D eigenvalue weighted by atomic mass is 10.0. The van der Waals surface area contributed by atoms with Crippen LogP contribution in [0.2, 0.25) is 0 Å². The molecule has 1 aromatic rings. The van der Waals surface area contributed by atoms with Gasteiger partial charge in [0.25, 0.3) is 0 Å². The van der Waals surface area contributed by atoms with E-state index in [4.69, 9.17) is 5.73 Å². The van der Waals surface area contributed by atoms with E-state index >= 15 is 0 Å². The van der Waals surface area contributed by atoms with Crippen LogP contribution in [0.25, 0.3) is 0 Å². The summed E-state index contributed by atoms with van der Waals surface area (Å²) in [6, 6.07) is 5.26. The number of rotatable bonds is 6. The molecule has 0 spiro atoms. The zero-order valence-corrected chi connectivity index (χ0v) is 14.1. The smallest absolute Gasteiger partial charge is 0.359 e. The average molecular weight is 367 g/mol. The number of benzene rings is 1. The highest BCUT2D eigenvalue weighted by molar-refractivity contribution is 9.10. The highest BCUT2D eigenvalue weighted by Gasteiger charge is 2.32. The van der Waals surface area contributed by atoms with Crippen LogP contribution in [0.3, 0.4) is 0 Å². The first kappa shape index (κ1) is 18.3. The van der Waals surface area contributed by atoms with Crippen molar-refractivity contribution in [2.75, 3.05) is 11.4 Å². The van der Waals surface area contributed by atoms with Gasteiger partial charge in [0.2, 0.25) is 0 Å². The standard InChI is InChI=1S/C15H22BrF3N2/c1-4-12(20)7-11-5-6-14(13(16)8-11)21(10(2)3)9-15(17,18)19/h5-6,8,10,12H,4,7,9,20H2,1-3H3. The Morgan fingerprint density at radius 3 is 2.33 bits per heavy atom. The largest absolute Gasteiger partial charge is 0.405 e. The van der Waals surface area contributed by atoms with Crippen LogP contribution in [-0.4, -0.2) is 24.8 Å². The predicted molar refractivity (Wildman–Crippen MR) is 84.6 cm³/mol. The fraction of sp³-hybridized carbons (Fsp3) is 0.600. The van der Waals surface area contributed by atoms with Gasteiger partial charge in [-0.3, -0.25) is 0 Å². The maximum absolute atomic E-state index is 12.7. The summed E-state index contributed by atoms with van der Waals surface area (Å²) >= 11 is 3.39. The Bertz CT molecular complexity index is 461. The van der Waals surface area contributed by atoms with Gasteiger partial charge < -0.3 is 10.6 Å². The van der Waals surface area contributed by atoms with E-state index in [0.29, 0.717) is 10.2 Å². The number of nitrogens with two attached hydrogens (primary N) is 1. The number of anilines is 1. The molecule has 21 heavy (non-hydrogen) atoms. The third-order valence-electron chi connectivity index (χ3n) is 3.32. The van der Waals surface area contributed by atoms with Gasteiger partial charge >= 0.3 is 6.18 Å². The topological polar surface area (TPSA) is 29.3 Å². The van der Waals surface area contributed by atoms with Crippen molar-refractivity contribution in [3.8, 4) is 0 Å². The SMILES string of the molecule is CCC(N)Cc1ccc(N(CC(F)(F)F)C(C)C)c(Br)c1. The average Bonchev–Trinajstić information content (AvgIpc) is 2.35. The van der Waals surface area contributed by atoms with Crippen LogP contribution in [0.15, 0.2) is 22.7 Å². The van der Waals surface area contributed by atoms with Crippen molar-refractivity contribution in [3.63, 3.8) is 0 Å². The maximum Gasteiger partial charge on any atom is 0.405 e. The van der Waals surface area contributed by atoms with E-state index < -0.39 is 12.7 Å². The molecule has 0 amide bonds. The Balaban J connectivity index is 3.00. The van der Waals surface area contributed by atoms with Crippen molar-refractivity contribution >= 4 is 21.6 Å². The van der Waals surface area contributed by atoms with Crippen molar-refractivity contribution < 1.29 is 13.2 Å². The molecule has 6 heteroatoms. The maximum atomic E-state index is 12.7. The Morgan fingerprint density at radius 1 is 1.29 bits per heavy atom. The van der Waals surface area contributed by atoms with Crippen molar-refractivity contribution in [1.82, 2.24) is 0 Å². The molecular weight excluding hydrogens is 345 g/mol. The lowest BCUT2D eigenvalue weighted by molar-refractivity contribution is -0.120. The fourth-order valence-corrected chi connectivity index (χ4v) is 2.75. The minimum Gasteiger partial charge on any atom is -0.359 e. The second-order valence-electron chi connectivity index (χ2n) is 5.50. The van der Waals surface area contributed by atoms with Gasteiger partial charge in [0.05, 0.1) is 5.69 Å². The molecule has 0 aromatic heterocycles. The molecule has 0 saturated carbocycles. The van der Waals surface area contributed by atoms with Gasteiger partial charge in [0.15, 0.2) is 0 Å². The van der Waals surface area contributed by atoms with Crippen LogP contribution in [0.1, 0.15) is 32.8 Å². The van der Waals surface area contributed by atoms with E-state index in [1.165, 1.54) is 4.90 Å². The summed E-state index contributed by atoms with van der Waals surface area (Å²) < 4.78 is 38.8. The van der Waals surface area contributed by atoms with E-state index in [1.54, 1.807) is 19.9 Å². The highest BCUT2D eigenvalue weighted by atomic mass is 79.9. The van der Waals surface area contributed by atoms with Crippen LogP contribution in [0.5, 0.6) is 0 Å². The summed E-state index contributed by atoms with van der Waals surface area (Å²) in [5, 5.41) is 0. The number of halogens is 4. The predicted octanol–water partition coefficient (Wildman–Crippen LogP) is 4.51. The molecule has 1 unspecified atom stereocenters. The zero-order chi connectivity index (χ0) is 16.2. The van der Waals surface area contributed by atoms with Gasteiger partial charge in [-0.25, -0.2) is 0 Å². The highest BCUT2D eigenvalue weighted by Crippen LogP contribution is 2.31. The summed E-state index contributed by atoms with van der Waals surface area (Å²) in [5.41, 5.74) is 7.49. The van der Waals surface area contributed by atoms with Gasteiger partial charge in [-0.05, 0) is 60.3 Å². The molecule has 2 nitrogen and oxygen atoms in total. The van der Waals surface area contributed by atoms with E-state index in [2.05, 4.69) is 15.9 Å². The van der Waals surface area contributed by atoms with Crippen molar-refractivity contribution in [2.45, 2.75) is 51.9 Å². The van der Waals surface area contributed by atoms with E-state index in [-0.39, 0.29) is 12.1 Å². The molecule has 0 aliphatic rings. The van der Waals surface area contributed by atoms with Crippen LogP contribution < -0.4 is 10.6 Å². The summed E-state index contributed by atoms with van der Waals surface area (Å²) in [6.45, 7) is 4.55. The number of hydrogen-bond acceptors (Lipinski definition) is 2. The fourth-order valence-electron chi connectivity index (χ4n) is 2.10. The Morgan fingerprint density at radius 2 is 1.90 bits per heavy atom. The lowest BCUT2D eigenvalue weighted by Gasteiger charge is -2.31. The molecule has 0 bridgehead atoms. The summed E-state index contributed by atoms with van der Waals surface area (Å²) in [6.07, 6.45) is -2.64. The molecule has 2 N–H and O–H groups in total. The van der Waals surface area contributed by atoms with E-state index in [9.17, 15) is 13.2 Å².